The average Bonchev–Trinajstić information content (AvgIpc) is 3.19. The molecule has 3 aromatic rings. The SMILES string of the molecule is NC(=O)[C@H]1CC[C@@H](n2c(Nc3c(F)cc(F)cc3Cl)nc3cnc(N[C@@H]4CCCOC4)nc32)CC1. The van der Waals surface area contributed by atoms with Crippen LogP contribution in [0.5, 0.6) is 0 Å². The van der Waals surface area contributed by atoms with Crippen LogP contribution >= 0.6 is 11.6 Å². The van der Waals surface area contributed by atoms with E-state index in [1.165, 1.54) is 0 Å². The summed E-state index contributed by atoms with van der Waals surface area (Å²) in [5.41, 5.74) is 6.50. The molecule has 1 aliphatic carbocycles. The van der Waals surface area contributed by atoms with Gasteiger partial charge in [-0.2, -0.15) is 4.98 Å². The highest BCUT2D eigenvalue weighted by Gasteiger charge is 2.29. The van der Waals surface area contributed by atoms with Crippen molar-refractivity contribution in [2.45, 2.75) is 50.6 Å². The van der Waals surface area contributed by atoms with Crippen LogP contribution < -0.4 is 16.4 Å². The normalized spacial score (nSPS) is 22.8. The van der Waals surface area contributed by atoms with Gasteiger partial charge >= 0.3 is 0 Å². The van der Waals surface area contributed by atoms with Crippen LogP contribution in [0, 0.1) is 17.6 Å². The number of primary amides is 1. The summed E-state index contributed by atoms with van der Waals surface area (Å²) >= 11 is 6.13. The van der Waals surface area contributed by atoms with Gasteiger partial charge in [-0.1, -0.05) is 11.6 Å². The number of anilines is 3. The molecule has 2 aromatic heterocycles. The Morgan fingerprint density at radius 1 is 1.17 bits per heavy atom. The van der Waals surface area contributed by atoms with Gasteiger partial charge in [0.25, 0.3) is 0 Å². The molecule has 0 unspecified atom stereocenters. The molecule has 2 aliphatic rings. The van der Waals surface area contributed by atoms with E-state index in [1.54, 1.807) is 6.20 Å². The minimum Gasteiger partial charge on any atom is -0.379 e. The molecule has 9 nitrogen and oxygen atoms in total. The summed E-state index contributed by atoms with van der Waals surface area (Å²) in [5.74, 6) is -1.35. The number of amides is 1. The van der Waals surface area contributed by atoms with Crippen molar-refractivity contribution in [3.8, 4) is 0 Å². The minimum atomic E-state index is -0.836. The third kappa shape index (κ3) is 5.01. The van der Waals surface area contributed by atoms with Gasteiger partial charge in [-0.05, 0) is 44.6 Å². The quantitative estimate of drug-likeness (QED) is 0.456. The summed E-state index contributed by atoms with van der Waals surface area (Å²) in [6.07, 6.45) is 6.09. The summed E-state index contributed by atoms with van der Waals surface area (Å²) < 4.78 is 35.6. The second-order valence-electron chi connectivity index (χ2n) is 9.04. The van der Waals surface area contributed by atoms with E-state index in [2.05, 4.69) is 20.6 Å². The van der Waals surface area contributed by atoms with Crippen molar-refractivity contribution < 1.29 is 18.3 Å². The van der Waals surface area contributed by atoms with Crippen LogP contribution in [0.4, 0.5) is 26.4 Å². The maximum Gasteiger partial charge on any atom is 0.225 e. The molecule has 0 radical (unpaired) electrons. The van der Waals surface area contributed by atoms with E-state index >= 15 is 0 Å². The Kier molecular flexibility index (Phi) is 6.70. The van der Waals surface area contributed by atoms with E-state index in [-0.39, 0.29) is 34.6 Å². The molecule has 12 heteroatoms. The van der Waals surface area contributed by atoms with Crippen LogP contribution in [0.3, 0.4) is 0 Å². The van der Waals surface area contributed by atoms with Crippen molar-refractivity contribution >= 4 is 46.3 Å². The fourth-order valence-corrected chi connectivity index (χ4v) is 5.07. The number of fused-ring (bicyclic) bond motifs is 1. The second-order valence-corrected chi connectivity index (χ2v) is 9.45. The van der Waals surface area contributed by atoms with Gasteiger partial charge in [0, 0.05) is 24.6 Å². The molecular formula is C23H26ClF2N7O2. The first-order chi connectivity index (χ1) is 16.9. The summed E-state index contributed by atoms with van der Waals surface area (Å²) in [6, 6.07) is 1.83. The van der Waals surface area contributed by atoms with E-state index in [0.29, 0.717) is 55.4 Å². The first-order valence-corrected chi connectivity index (χ1v) is 12.1. The number of nitrogens with zero attached hydrogens (tertiary/aromatic N) is 4. The number of halogens is 3. The standard InChI is InChI=1S/C23H26ClF2N7O2/c24-16-8-13(25)9-17(26)19(16)31-23-30-18-10-28-22(29-14-2-1-7-35-11-14)32-21(18)33(23)15-5-3-12(4-6-15)20(27)34/h8-10,12,14-15H,1-7,11H2,(H2,27,34)(H,30,31)(H,28,29,32)/t12-,14-,15+/m1/s1. The number of rotatable bonds is 6. The molecule has 0 bridgehead atoms. The molecule has 0 spiro atoms. The first-order valence-electron chi connectivity index (χ1n) is 11.7. The minimum absolute atomic E-state index is 0.0684. The molecule has 1 amide bonds. The Labute approximate surface area is 205 Å². The highest BCUT2D eigenvalue weighted by atomic mass is 35.5. The molecule has 1 aliphatic heterocycles. The van der Waals surface area contributed by atoms with Gasteiger partial charge in [0.15, 0.2) is 11.5 Å². The van der Waals surface area contributed by atoms with E-state index in [9.17, 15) is 13.6 Å². The molecule has 1 aromatic carbocycles. The maximum atomic E-state index is 14.6. The van der Waals surface area contributed by atoms with Crippen LogP contribution in [0.2, 0.25) is 5.02 Å². The predicted octanol–water partition coefficient (Wildman–Crippen LogP) is 4.31. The van der Waals surface area contributed by atoms with Gasteiger partial charge < -0.3 is 21.1 Å². The monoisotopic (exact) mass is 505 g/mol. The van der Waals surface area contributed by atoms with Crippen molar-refractivity contribution in [1.82, 2.24) is 19.5 Å². The highest BCUT2D eigenvalue weighted by molar-refractivity contribution is 6.33. The van der Waals surface area contributed by atoms with Gasteiger partial charge in [0.2, 0.25) is 17.8 Å². The van der Waals surface area contributed by atoms with Crippen LogP contribution in [0.1, 0.15) is 44.6 Å². The fourth-order valence-electron chi connectivity index (χ4n) is 4.82. The van der Waals surface area contributed by atoms with Crippen LogP contribution in [0.25, 0.3) is 11.2 Å². The number of carbonyl (C=O) groups is 1. The summed E-state index contributed by atoms with van der Waals surface area (Å²) in [5, 5.41) is 6.14. The largest absolute Gasteiger partial charge is 0.379 e. The van der Waals surface area contributed by atoms with E-state index in [0.717, 1.165) is 31.6 Å². The van der Waals surface area contributed by atoms with Crippen LogP contribution in [0.15, 0.2) is 18.3 Å². The Morgan fingerprint density at radius 3 is 2.66 bits per heavy atom. The van der Waals surface area contributed by atoms with Gasteiger partial charge in [0.05, 0.1) is 29.6 Å². The third-order valence-electron chi connectivity index (χ3n) is 6.63. The number of imidazole rings is 1. The average molecular weight is 506 g/mol. The molecular weight excluding hydrogens is 480 g/mol. The summed E-state index contributed by atoms with van der Waals surface area (Å²) in [6.45, 7) is 1.32. The van der Waals surface area contributed by atoms with Crippen LogP contribution in [-0.2, 0) is 9.53 Å². The molecule has 3 heterocycles. The molecule has 1 saturated heterocycles. The van der Waals surface area contributed by atoms with E-state index in [1.807, 2.05) is 4.57 Å². The zero-order valence-corrected chi connectivity index (χ0v) is 19.7. The summed E-state index contributed by atoms with van der Waals surface area (Å²) in [7, 11) is 0. The van der Waals surface area contributed by atoms with Crippen molar-refractivity contribution in [1.29, 1.82) is 0 Å². The third-order valence-corrected chi connectivity index (χ3v) is 6.93. The van der Waals surface area contributed by atoms with Crippen LogP contribution in [-0.4, -0.2) is 44.7 Å². The van der Waals surface area contributed by atoms with Gasteiger partial charge in [-0.15, -0.1) is 0 Å². The molecule has 2 fully saturated rings. The number of benzene rings is 1. The van der Waals surface area contributed by atoms with Crippen molar-refractivity contribution in [2.24, 2.45) is 11.7 Å². The smallest absolute Gasteiger partial charge is 0.225 e. The molecule has 1 saturated carbocycles. The fraction of sp³-hybridized carbons (Fsp3) is 0.478. The number of aromatic nitrogens is 4. The Hall–Kier alpha value is -3.05. The molecule has 4 N–H and O–H groups in total. The van der Waals surface area contributed by atoms with Crippen molar-refractivity contribution in [3.05, 3.63) is 35.0 Å². The predicted molar refractivity (Wildman–Crippen MR) is 128 cm³/mol. The number of hydrogen-bond donors (Lipinski definition) is 3. The van der Waals surface area contributed by atoms with Gasteiger partial charge in [0.1, 0.15) is 11.3 Å². The number of ether oxygens (including phenoxy) is 1. The highest BCUT2D eigenvalue weighted by Crippen LogP contribution is 2.38. The Morgan fingerprint density at radius 2 is 1.97 bits per heavy atom. The summed E-state index contributed by atoms with van der Waals surface area (Å²) in [4.78, 5) is 25.4. The number of carbonyl (C=O) groups excluding carboxylic acids is 1. The molecule has 5 rings (SSSR count). The van der Waals surface area contributed by atoms with Crippen molar-refractivity contribution in [2.75, 3.05) is 23.8 Å². The zero-order valence-electron chi connectivity index (χ0n) is 18.9. The maximum absolute atomic E-state index is 14.6. The molecule has 35 heavy (non-hydrogen) atoms. The van der Waals surface area contributed by atoms with Crippen molar-refractivity contribution in [3.63, 3.8) is 0 Å². The molecule has 1 atom stereocenters. The van der Waals surface area contributed by atoms with E-state index < -0.39 is 11.6 Å². The van der Waals surface area contributed by atoms with Gasteiger partial charge in [-0.3, -0.25) is 9.36 Å². The Bertz CT molecular complexity index is 1220. The van der Waals surface area contributed by atoms with Gasteiger partial charge in [-0.25, -0.2) is 18.7 Å². The first kappa shape index (κ1) is 23.7. The lowest BCUT2D eigenvalue weighted by Gasteiger charge is -2.29. The lowest BCUT2D eigenvalue weighted by Crippen LogP contribution is -2.31. The van der Waals surface area contributed by atoms with E-state index in [4.69, 9.17) is 27.1 Å². The molecule has 186 valence electrons. The lowest BCUT2D eigenvalue weighted by atomic mass is 9.85. The number of nitrogens with two attached hydrogens (primary N) is 1. The number of hydrogen-bond acceptors (Lipinski definition) is 7. The topological polar surface area (TPSA) is 120 Å². The second kappa shape index (κ2) is 9.90. The zero-order chi connectivity index (χ0) is 24.5. The Balaban J connectivity index is 1.52. The lowest BCUT2D eigenvalue weighted by molar-refractivity contribution is -0.122. The number of nitrogens with one attached hydrogen (secondary N) is 2.